The Hall–Kier alpha value is -1.82. The summed E-state index contributed by atoms with van der Waals surface area (Å²) in [5.41, 5.74) is 14.8. The Kier molecular flexibility index (Phi) is 3.71. The van der Waals surface area contributed by atoms with E-state index >= 15 is 0 Å². The first-order valence-electron chi connectivity index (χ1n) is 7.71. The lowest BCUT2D eigenvalue weighted by Crippen LogP contribution is -2.25. The summed E-state index contributed by atoms with van der Waals surface area (Å²) in [6, 6.07) is 2.52. The van der Waals surface area contributed by atoms with Crippen molar-refractivity contribution >= 4 is 17.2 Å². The fraction of sp³-hybridized carbons (Fsp3) is 0.600. The van der Waals surface area contributed by atoms with Gasteiger partial charge < -0.3 is 16.8 Å². The van der Waals surface area contributed by atoms with Crippen LogP contribution in [0.2, 0.25) is 0 Å². The Morgan fingerprint density at radius 2 is 2.00 bits per heavy atom. The highest BCUT2D eigenvalue weighted by Crippen LogP contribution is 2.32. The zero-order chi connectivity index (χ0) is 15.0. The molecule has 2 heterocycles. The van der Waals surface area contributed by atoms with E-state index in [0.29, 0.717) is 23.8 Å². The van der Waals surface area contributed by atoms with Crippen molar-refractivity contribution in [2.75, 3.05) is 11.1 Å². The maximum Gasteiger partial charge on any atom is 0.177 e. The van der Waals surface area contributed by atoms with Gasteiger partial charge in [0.1, 0.15) is 5.82 Å². The largest absolute Gasteiger partial charge is 0.382 e. The predicted octanol–water partition coefficient (Wildman–Crippen LogP) is 2.12. The van der Waals surface area contributed by atoms with Crippen molar-refractivity contribution in [1.29, 1.82) is 0 Å². The molecule has 1 aliphatic rings. The number of fused-ring (bicyclic) bond motifs is 1. The first-order chi connectivity index (χ1) is 10.0. The van der Waals surface area contributed by atoms with Crippen LogP contribution in [-0.2, 0) is 0 Å². The molecule has 3 rings (SSSR count). The number of nitrogens with two attached hydrogens (primary N) is 2. The number of nitrogens with one attached hydrogen (secondary N) is 1. The molecule has 0 aromatic carbocycles. The summed E-state index contributed by atoms with van der Waals surface area (Å²) in [6.07, 6.45) is 6.37. The molecule has 0 spiro atoms. The quantitative estimate of drug-likeness (QED) is 0.804. The van der Waals surface area contributed by atoms with Gasteiger partial charge in [-0.25, -0.2) is 9.50 Å². The molecule has 0 amide bonds. The molecule has 2 aromatic heterocycles. The van der Waals surface area contributed by atoms with E-state index in [-0.39, 0.29) is 0 Å². The second-order valence-electron chi connectivity index (χ2n) is 6.33. The molecule has 0 atom stereocenters. The molecule has 2 aromatic rings. The second-order valence-corrected chi connectivity index (χ2v) is 6.33. The fourth-order valence-corrected chi connectivity index (χ4v) is 3.04. The molecule has 6 nitrogen and oxygen atoms in total. The van der Waals surface area contributed by atoms with Gasteiger partial charge in [-0.3, -0.25) is 0 Å². The van der Waals surface area contributed by atoms with E-state index in [1.165, 1.54) is 0 Å². The molecule has 0 unspecified atom stereocenters. The number of imidazole rings is 1. The molecule has 0 saturated heterocycles. The van der Waals surface area contributed by atoms with Crippen LogP contribution in [0, 0.1) is 0 Å². The van der Waals surface area contributed by atoms with Crippen LogP contribution in [-0.4, -0.2) is 26.7 Å². The van der Waals surface area contributed by atoms with Crippen LogP contribution in [0.4, 0.5) is 11.5 Å². The highest BCUT2D eigenvalue weighted by molar-refractivity contribution is 5.70. The molecule has 0 bridgehead atoms. The number of anilines is 2. The summed E-state index contributed by atoms with van der Waals surface area (Å²) in [4.78, 5) is 4.80. The summed E-state index contributed by atoms with van der Waals surface area (Å²) in [7, 11) is 0. The smallest absolute Gasteiger partial charge is 0.177 e. The second kappa shape index (κ2) is 5.52. The molecule has 21 heavy (non-hydrogen) atoms. The third kappa shape index (κ3) is 2.95. The number of hydrogen-bond donors (Lipinski definition) is 3. The maximum atomic E-state index is 5.98. The van der Waals surface area contributed by atoms with E-state index in [2.05, 4.69) is 24.3 Å². The van der Waals surface area contributed by atoms with Gasteiger partial charge in [0.05, 0.1) is 17.6 Å². The molecule has 5 N–H and O–H groups in total. The van der Waals surface area contributed by atoms with Crippen LogP contribution in [0.3, 0.4) is 0 Å². The third-order valence-electron chi connectivity index (χ3n) is 4.10. The molecule has 1 aliphatic carbocycles. The van der Waals surface area contributed by atoms with Crippen LogP contribution in [0.15, 0.2) is 12.3 Å². The minimum Gasteiger partial charge on any atom is -0.382 e. The molecule has 1 fully saturated rings. The van der Waals surface area contributed by atoms with Crippen molar-refractivity contribution < 1.29 is 0 Å². The Bertz CT molecular complexity index is 624. The third-order valence-corrected chi connectivity index (χ3v) is 4.10. The van der Waals surface area contributed by atoms with Gasteiger partial charge in [0.2, 0.25) is 0 Å². The average molecular weight is 288 g/mol. The summed E-state index contributed by atoms with van der Waals surface area (Å²) >= 11 is 0. The number of rotatable bonds is 3. The zero-order valence-corrected chi connectivity index (χ0v) is 12.7. The molecular weight excluding hydrogens is 264 g/mol. The normalized spacial score (nSPS) is 22.9. The van der Waals surface area contributed by atoms with E-state index < -0.39 is 0 Å². The molecule has 0 aliphatic heterocycles. The lowest BCUT2D eigenvalue weighted by molar-refractivity contribution is 0.391. The van der Waals surface area contributed by atoms with Crippen LogP contribution < -0.4 is 16.8 Å². The maximum absolute atomic E-state index is 5.98. The Labute approximate surface area is 124 Å². The highest BCUT2D eigenvalue weighted by Gasteiger charge is 2.23. The van der Waals surface area contributed by atoms with Gasteiger partial charge in [0, 0.05) is 24.1 Å². The SMILES string of the molecule is CC(C)Nc1cc(N)nn2cc([C@H]3CC[C@H](N)CC3)nc12. The topological polar surface area (TPSA) is 94.3 Å². The Morgan fingerprint density at radius 3 is 2.67 bits per heavy atom. The van der Waals surface area contributed by atoms with E-state index in [1.54, 1.807) is 4.52 Å². The van der Waals surface area contributed by atoms with Crippen molar-refractivity contribution in [2.45, 2.75) is 57.5 Å². The van der Waals surface area contributed by atoms with Crippen molar-refractivity contribution in [3.05, 3.63) is 18.0 Å². The van der Waals surface area contributed by atoms with E-state index in [1.807, 2.05) is 12.3 Å². The van der Waals surface area contributed by atoms with Crippen molar-refractivity contribution in [3.8, 4) is 0 Å². The standard InChI is InChI=1S/C15H24N6/c1-9(2)18-12-7-14(17)20-21-8-13(19-15(12)21)10-3-5-11(16)6-4-10/h7-11,18H,3-6,16H2,1-2H3,(H2,17,20)/t10-,11-. The van der Waals surface area contributed by atoms with E-state index in [0.717, 1.165) is 42.7 Å². The molecule has 1 saturated carbocycles. The number of nitrogens with zero attached hydrogens (tertiary/aromatic N) is 3. The molecule has 0 radical (unpaired) electrons. The van der Waals surface area contributed by atoms with Gasteiger partial charge >= 0.3 is 0 Å². The van der Waals surface area contributed by atoms with E-state index in [9.17, 15) is 0 Å². The number of hydrogen-bond acceptors (Lipinski definition) is 5. The molecule has 6 heteroatoms. The molecular formula is C15H24N6. The van der Waals surface area contributed by atoms with Crippen LogP contribution in [0.5, 0.6) is 0 Å². The summed E-state index contributed by atoms with van der Waals surface area (Å²) in [5, 5.41) is 7.73. The van der Waals surface area contributed by atoms with Crippen molar-refractivity contribution in [2.24, 2.45) is 5.73 Å². The highest BCUT2D eigenvalue weighted by atomic mass is 15.3. The van der Waals surface area contributed by atoms with Crippen LogP contribution in [0.1, 0.15) is 51.1 Å². The monoisotopic (exact) mass is 288 g/mol. The van der Waals surface area contributed by atoms with Gasteiger partial charge in [-0.1, -0.05) is 0 Å². The minimum atomic E-state index is 0.323. The van der Waals surface area contributed by atoms with Gasteiger partial charge in [-0.05, 0) is 39.5 Å². The van der Waals surface area contributed by atoms with Gasteiger partial charge in [-0.2, -0.15) is 0 Å². The lowest BCUT2D eigenvalue weighted by Gasteiger charge is -2.24. The summed E-state index contributed by atoms with van der Waals surface area (Å²) in [5.74, 6) is 0.986. The number of aromatic nitrogens is 3. The Morgan fingerprint density at radius 1 is 1.29 bits per heavy atom. The summed E-state index contributed by atoms with van der Waals surface area (Å²) < 4.78 is 1.80. The van der Waals surface area contributed by atoms with Gasteiger partial charge in [-0.15, -0.1) is 5.10 Å². The molecule has 114 valence electrons. The van der Waals surface area contributed by atoms with Crippen LogP contribution in [0.25, 0.3) is 5.65 Å². The zero-order valence-electron chi connectivity index (χ0n) is 12.7. The average Bonchev–Trinajstić information content (AvgIpc) is 2.82. The first kappa shape index (κ1) is 14.1. The summed E-state index contributed by atoms with van der Waals surface area (Å²) in [6.45, 7) is 4.19. The number of nitrogen functional groups attached to an aromatic ring is 1. The lowest BCUT2D eigenvalue weighted by atomic mass is 9.85. The predicted molar refractivity (Wildman–Crippen MR) is 85.3 cm³/mol. The van der Waals surface area contributed by atoms with Gasteiger partial charge in [0.25, 0.3) is 0 Å². The Balaban J connectivity index is 1.95. The van der Waals surface area contributed by atoms with Crippen molar-refractivity contribution in [1.82, 2.24) is 14.6 Å². The van der Waals surface area contributed by atoms with E-state index in [4.69, 9.17) is 16.5 Å². The fourth-order valence-electron chi connectivity index (χ4n) is 3.04. The van der Waals surface area contributed by atoms with Crippen LogP contribution >= 0.6 is 0 Å². The minimum absolute atomic E-state index is 0.323. The van der Waals surface area contributed by atoms with Gasteiger partial charge in [0.15, 0.2) is 5.65 Å². The first-order valence-corrected chi connectivity index (χ1v) is 7.71. The van der Waals surface area contributed by atoms with Crippen molar-refractivity contribution in [3.63, 3.8) is 0 Å².